The molecule has 0 atom stereocenters. The van der Waals surface area contributed by atoms with E-state index in [1.54, 1.807) is 0 Å². The molecule has 0 amide bonds. The van der Waals surface area contributed by atoms with E-state index in [0.717, 1.165) is 82.0 Å². The van der Waals surface area contributed by atoms with Gasteiger partial charge in [0, 0.05) is 11.3 Å². The molecule has 5 heterocycles. The van der Waals surface area contributed by atoms with Gasteiger partial charge in [0.1, 0.15) is 0 Å². The summed E-state index contributed by atoms with van der Waals surface area (Å²) in [5.41, 5.74) is 16.4. The number of aromatic nitrogens is 3. The number of ether oxygens (including phenoxy) is 1. The molecule has 6 nitrogen and oxygen atoms in total. The van der Waals surface area contributed by atoms with Crippen LogP contribution in [0.1, 0.15) is 31.8 Å². The first-order valence-electron chi connectivity index (χ1n) is 24.2. The fourth-order valence-electron chi connectivity index (χ4n) is 10.2. The van der Waals surface area contributed by atoms with Gasteiger partial charge in [-0.2, -0.15) is 0 Å². The Hall–Kier alpha value is -7.47. The van der Waals surface area contributed by atoms with E-state index in [9.17, 15) is 1.37 Å². The van der Waals surface area contributed by atoms with Crippen molar-refractivity contribution in [3.8, 4) is 67.5 Å². The van der Waals surface area contributed by atoms with Gasteiger partial charge in [-0.15, -0.1) is 0 Å². The second-order valence-corrected chi connectivity index (χ2v) is 19.0. The van der Waals surface area contributed by atoms with Crippen LogP contribution in [0.2, 0.25) is 0 Å². The Morgan fingerprint density at radius 3 is 1.91 bits per heavy atom. The third-order valence-corrected chi connectivity index (χ3v) is 14.2. The van der Waals surface area contributed by atoms with E-state index in [-0.39, 0.29) is 29.6 Å². The minimum atomic E-state index is -0.430. The van der Waals surface area contributed by atoms with Crippen molar-refractivity contribution in [2.45, 2.75) is 26.2 Å². The molecule has 66 heavy (non-hydrogen) atoms. The van der Waals surface area contributed by atoms with Gasteiger partial charge in [0.05, 0.1) is 5.48 Å². The Kier molecular flexibility index (Phi) is 7.81. The van der Waals surface area contributed by atoms with Gasteiger partial charge in [-0.25, -0.2) is 0 Å². The average molecular weight is 1030 g/mol. The van der Waals surface area contributed by atoms with E-state index < -0.39 is 6.98 Å². The summed E-state index contributed by atoms with van der Waals surface area (Å²) in [6.07, 6.45) is 0. The number of nitrogens with zero attached hydrogens (tertiary/aromatic N) is 5. The first kappa shape index (κ1) is 34.9. The monoisotopic (exact) mass is 1030 g/mol. The molecule has 10 aromatic rings. The van der Waals surface area contributed by atoms with Gasteiger partial charge in [-0.05, 0) is 17.7 Å². The molecule has 318 valence electrons. The molecule has 0 unspecified atom stereocenters. The number of fused-ring (bicyclic) bond motifs is 10. The van der Waals surface area contributed by atoms with Gasteiger partial charge in [-0.1, -0.05) is 42.4 Å². The van der Waals surface area contributed by atoms with E-state index >= 15 is 0 Å². The van der Waals surface area contributed by atoms with Crippen LogP contribution in [-0.2, 0) is 24.8 Å². The SMILES string of the molecule is [2H]c1c([2H])c([2H])c2c(c1[2H])-c1cccc3c1B1N(c4ccccc4N12)c1nc(Oc2cccc(-n4[c](=[Pt])n(-c5c(-c6ccccc6)cccc5-c5ccc(C(C)(C)C)cc5)c5ccccc54)c2)ccc1-3. The maximum absolute atomic E-state index is 9.19. The Bertz CT molecular complexity index is 3910. The first-order valence-corrected chi connectivity index (χ1v) is 23.3. The van der Waals surface area contributed by atoms with Gasteiger partial charge >= 0.3 is 326 Å². The number of imidazole rings is 1. The van der Waals surface area contributed by atoms with Crippen LogP contribution in [0.3, 0.4) is 0 Å². The van der Waals surface area contributed by atoms with Crippen LogP contribution >= 0.6 is 0 Å². The van der Waals surface area contributed by atoms with E-state index in [1.165, 1.54) is 5.56 Å². The molecule has 2 aromatic heterocycles. The minimum absolute atomic E-state index is 0.0324. The molecule has 0 bridgehead atoms. The van der Waals surface area contributed by atoms with Crippen molar-refractivity contribution >= 4 is 46.4 Å². The number of anilines is 4. The van der Waals surface area contributed by atoms with Gasteiger partial charge < -0.3 is 0 Å². The van der Waals surface area contributed by atoms with Crippen molar-refractivity contribution in [1.29, 1.82) is 0 Å². The summed E-state index contributed by atoms with van der Waals surface area (Å²) >= 11 is 2.48. The van der Waals surface area contributed by atoms with E-state index in [4.69, 9.17) is 13.8 Å². The van der Waals surface area contributed by atoms with Crippen molar-refractivity contribution in [3.05, 3.63) is 209 Å². The predicted molar refractivity (Wildman–Crippen MR) is 267 cm³/mol. The molecule has 0 saturated heterocycles. The van der Waals surface area contributed by atoms with Crippen LogP contribution in [0, 0.1) is 3.80 Å². The summed E-state index contributed by atoms with van der Waals surface area (Å²) in [4.78, 5) is 9.54. The van der Waals surface area contributed by atoms with Crippen LogP contribution in [0.15, 0.2) is 200 Å². The summed E-state index contributed by atoms with van der Waals surface area (Å²) in [6.45, 7) is 6.32. The Morgan fingerprint density at radius 2 is 1.17 bits per heavy atom. The summed E-state index contributed by atoms with van der Waals surface area (Å²) in [5, 5.41) is 0. The van der Waals surface area contributed by atoms with Crippen LogP contribution in [0.5, 0.6) is 11.6 Å². The Labute approximate surface area is 400 Å². The molecule has 3 aliphatic rings. The third-order valence-electron chi connectivity index (χ3n) is 13.2. The topological polar surface area (TPSA) is 38.5 Å². The van der Waals surface area contributed by atoms with Gasteiger partial charge in [0.2, 0.25) is 0 Å². The molecule has 0 N–H and O–H groups in total. The number of rotatable bonds is 6. The zero-order chi connectivity index (χ0) is 47.7. The fourth-order valence-corrected chi connectivity index (χ4v) is 11.3. The van der Waals surface area contributed by atoms with Gasteiger partial charge in [0.15, 0.2) is 0 Å². The molecule has 13 rings (SSSR count). The van der Waals surface area contributed by atoms with Crippen LogP contribution < -0.4 is 19.8 Å². The Morgan fingerprint density at radius 1 is 0.545 bits per heavy atom. The molecule has 0 spiro atoms. The van der Waals surface area contributed by atoms with Crippen molar-refractivity contribution < 1.29 is 29.6 Å². The van der Waals surface area contributed by atoms with E-state index in [2.05, 4.69) is 180 Å². The Balaban J connectivity index is 0.935. The number of hydrogen-bond acceptors (Lipinski definition) is 4. The third kappa shape index (κ3) is 5.86. The second kappa shape index (κ2) is 14.8. The van der Waals surface area contributed by atoms with Crippen LogP contribution in [0.4, 0.5) is 22.9 Å². The average Bonchev–Trinajstić information content (AvgIpc) is 3.88. The van der Waals surface area contributed by atoms with Crippen molar-refractivity contribution in [3.63, 3.8) is 0 Å². The van der Waals surface area contributed by atoms with Crippen LogP contribution in [0.25, 0.3) is 66.9 Å². The molecule has 8 aromatic carbocycles. The number of pyridine rings is 1. The zero-order valence-corrected chi connectivity index (χ0v) is 38.6. The van der Waals surface area contributed by atoms with E-state index in [0.29, 0.717) is 28.7 Å². The van der Waals surface area contributed by atoms with Gasteiger partial charge in [0.25, 0.3) is 0 Å². The second-order valence-electron chi connectivity index (χ2n) is 18.0. The van der Waals surface area contributed by atoms with Crippen molar-refractivity contribution in [1.82, 2.24) is 14.1 Å². The maximum atomic E-state index is 9.19. The van der Waals surface area contributed by atoms with Gasteiger partial charge in [-0.3, -0.25) is 0 Å². The molecular formula is C58H42BN5OPt. The molecule has 0 saturated carbocycles. The normalized spacial score (nSPS) is 13.9. The summed E-state index contributed by atoms with van der Waals surface area (Å²) in [6, 6.07) is 60.3. The van der Waals surface area contributed by atoms with Crippen LogP contribution in [-0.4, -0.2) is 21.1 Å². The zero-order valence-electron chi connectivity index (χ0n) is 40.3. The summed E-state index contributed by atoms with van der Waals surface area (Å²) in [5.74, 6) is 1.75. The molecule has 3 aliphatic heterocycles. The molecular weight excluding hydrogens is 989 g/mol. The van der Waals surface area contributed by atoms with Crippen molar-refractivity contribution in [2.75, 3.05) is 9.62 Å². The number of hydrogen-bond donors (Lipinski definition) is 0. The van der Waals surface area contributed by atoms with Crippen molar-refractivity contribution in [2.24, 2.45) is 0 Å². The predicted octanol–water partition coefficient (Wildman–Crippen LogP) is 14.0. The summed E-state index contributed by atoms with van der Waals surface area (Å²) in [7, 11) is 0. The molecule has 0 fully saturated rings. The number of benzene rings is 8. The summed E-state index contributed by atoms with van der Waals surface area (Å²) < 4.78 is 48.1. The fraction of sp³-hybridized carbons (Fsp3) is 0.0690. The molecule has 0 radical (unpaired) electrons. The van der Waals surface area contributed by atoms with E-state index in [1.807, 2.05) is 54.6 Å². The molecule has 8 heteroatoms. The first-order chi connectivity index (χ1) is 34.0. The standard InChI is InChI=1S/C58H42BN5O.Pt/c1-58(2,3)40-32-30-39(31-33-40)44-22-14-21-43(38-16-5-4-6-17-38)56(44)62-37-61(50-26-9-10-27-51(50)62)41-18-13-19-42(36-41)65-54-35-34-48-47-24-15-23-46-45-20-7-8-25-49(45)63-52-28-11-12-29-53(52)64(57(48)60-54)59(63)55(46)47;/h4-36H,1-3H3;/i7D,8D,20D,25D;. The quantitative estimate of drug-likeness (QED) is 0.156. The molecule has 0 aliphatic carbocycles. The number of para-hydroxylation sites is 6.